The minimum atomic E-state index is 0.907. The van der Waals surface area contributed by atoms with Gasteiger partial charge < -0.3 is 13.9 Å². The molecule has 198 valence electrons. The first-order chi connectivity index (χ1) is 20.8. The van der Waals surface area contributed by atoms with Crippen LogP contribution in [0.1, 0.15) is 0 Å². The van der Waals surface area contributed by atoms with Crippen LogP contribution in [0.4, 0.5) is 17.1 Å². The first-order valence-corrected chi connectivity index (χ1v) is 14.9. The molecule has 2 aromatic heterocycles. The van der Waals surface area contributed by atoms with Crippen LogP contribution in [0.5, 0.6) is 0 Å². The van der Waals surface area contributed by atoms with Crippen LogP contribution in [0.3, 0.4) is 0 Å². The second-order valence-electron chi connectivity index (χ2n) is 10.6. The average molecular weight is 557 g/mol. The van der Waals surface area contributed by atoms with Crippen molar-refractivity contribution in [2.45, 2.75) is 9.79 Å². The van der Waals surface area contributed by atoms with Crippen LogP contribution >= 0.6 is 11.8 Å². The molecular formula is C38H24N2OS. The van der Waals surface area contributed by atoms with Gasteiger partial charge in [0, 0.05) is 31.9 Å². The number of para-hydroxylation sites is 4. The molecule has 0 N–H and O–H groups in total. The van der Waals surface area contributed by atoms with E-state index in [0.717, 1.165) is 44.3 Å². The molecular weight excluding hydrogens is 532 g/mol. The van der Waals surface area contributed by atoms with E-state index in [4.69, 9.17) is 4.42 Å². The standard InChI is InChI=1S/C38H24N2OS/c1-3-11-27(12-4-1)39-32-16-8-10-18-35(32)42-36-24-26(20-22-33(36)39)25-19-21-31-30(23-25)38-37(29-15-7-9-17-34(29)41-38)40(31)28-13-5-2-6-14-28/h1-24H. The van der Waals surface area contributed by atoms with Gasteiger partial charge in [0.1, 0.15) is 11.1 Å². The predicted molar refractivity (Wildman–Crippen MR) is 175 cm³/mol. The third-order valence-electron chi connectivity index (χ3n) is 8.16. The minimum Gasteiger partial charge on any atom is -0.454 e. The third kappa shape index (κ3) is 3.49. The Kier molecular flexibility index (Phi) is 5.13. The van der Waals surface area contributed by atoms with Crippen molar-refractivity contribution in [1.82, 2.24) is 4.57 Å². The zero-order valence-corrected chi connectivity index (χ0v) is 23.4. The maximum atomic E-state index is 6.52. The van der Waals surface area contributed by atoms with E-state index in [1.54, 1.807) is 0 Å². The second kappa shape index (κ2) is 9.16. The molecule has 1 aliphatic heterocycles. The predicted octanol–water partition coefficient (Wildman–Crippen LogP) is 11.1. The highest BCUT2D eigenvalue weighted by atomic mass is 32.2. The molecule has 0 amide bonds. The summed E-state index contributed by atoms with van der Waals surface area (Å²) < 4.78 is 8.85. The summed E-state index contributed by atoms with van der Waals surface area (Å²) in [7, 11) is 0. The molecule has 0 aliphatic carbocycles. The Morgan fingerprint density at radius 2 is 1.17 bits per heavy atom. The van der Waals surface area contributed by atoms with Crippen LogP contribution in [-0.2, 0) is 0 Å². The van der Waals surface area contributed by atoms with Crippen molar-refractivity contribution >= 4 is 61.8 Å². The number of benzene rings is 6. The summed E-state index contributed by atoms with van der Waals surface area (Å²) in [6.45, 7) is 0. The fraction of sp³-hybridized carbons (Fsp3) is 0. The fourth-order valence-corrected chi connectivity index (χ4v) is 7.38. The summed E-state index contributed by atoms with van der Waals surface area (Å²) in [6, 6.07) is 51.7. The van der Waals surface area contributed by atoms with Crippen molar-refractivity contribution in [3.05, 3.63) is 146 Å². The van der Waals surface area contributed by atoms with Crippen LogP contribution in [0.25, 0.3) is 49.8 Å². The Labute approximate surface area is 247 Å². The van der Waals surface area contributed by atoms with Gasteiger partial charge in [-0.15, -0.1) is 0 Å². The number of furan rings is 1. The molecule has 0 unspecified atom stereocenters. The quantitative estimate of drug-likeness (QED) is 0.216. The number of fused-ring (bicyclic) bond motifs is 7. The largest absolute Gasteiger partial charge is 0.454 e. The summed E-state index contributed by atoms with van der Waals surface area (Å²) >= 11 is 1.84. The molecule has 1 aliphatic rings. The number of nitrogens with zero attached hydrogens (tertiary/aromatic N) is 2. The summed E-state index contributed by atoms with van der Waals surface area (Å²) in [6.07, 6.45) is 0. The van der Waals surface area contributed by atoms with Crippen molar-refractivity contribution in [1.29, 1.82) is 0 Å². The smallest absolute Gasteiger partial charge is 0.161 e. The van der Waals surface area contributed by atoms with Gasteiger partial charge in [0.25, 0.3) is 0 Å². The van der Waals surface area contributed by atoms with Crippen LogP contribution < -0.4 is 4.90 Å². The topological polar surface area (TPSA) is 21.3 Å². The van der Waals surface area contributed by atoms with Crippen LogP contribution in [0.15, 0.2) is 160 Å². The number of hydrogen-bond acceptors (Lipinski definition) is 3. The molecule has 3 nitrogen and oxygen atoms in total. The van der Waals surface area contributed by atoms with Crippen molar-refractivity contribution in [3.8, 4) is 16.8 Å². The lowest BCUT2D eigenvalue weighted by molar-refractivity contribution is 0.673. The Morgan fingerprint density at radius 3 is 2.02 bits per heavy atom. The van der Waals surface area contributed by atoms with E-state index in [1.165, 1.54) is 32.3 Å². The molecule has 8 aromatic rings. The Balaban J connectivity index is 1.24. The van der Waals surface area contributed by atoms with Crippen molar-refractivity contribution in [2.75, 3.05) is 4.90 Å². The van der Waals surface area contributed by atoms with Crippen molar-refractivity contribution in [3.63, 3.8) is 0 Å². The monoisotopic (exact) mass is 556 g/mol. The van der Waals surface area contributed by atoms with E-state index in [9.17, 15) is 0 Å². The van der Waals surface area contributed by atoms with E-state index < -0.39 is 0 Å². The Morgan fingerprint density at radius 1 is 0.500 bits per heavy atom. The molecule has 9 rings (SSSR count). The van der Waals surface area contributed by atoms with Gasteiger partial charge >= 0.3 is 0 Å². The first-order valence-electron chi connectivity index (χ1n) is 14.1. The van der Waals surface area contributed by atoms with Crippen LogP contribution in [-0.4, -0.2) is 4.57 Å². The summed E-state index contributed by atoms with van der Waals surface area (Å²) in [4.78, 5) is 4.86. The molecule has 0 saturated heterocycles. The fourth-order valence-electron chi connectivity index (χ4n) is 6.29. The summed E-state index contributed by atoms with van der Waals surface area (Å²) in [5.74, 6) is 0. The van der Waals surface area contributed by atoms with E-state index in [-0.39, 0.29) is 0 Å². The molecule has 0 spiro atoms. The zero-order valence-electron chi connectivity index (χ0n) is 22.6. The lowest BCUT2D eigenvalue weighted by atomic mass is 10.0. The van der Waals surface area contributed by atoms with Crippen molar-refractivity contribution in [2.24, 2.45) is 0 Å². The second-order valence-corrected chi connectivity index (χ2v) is 11.7. The summed E-state index contributed by atoms with van der Waals surface area (Å²) in [5, 5.41) is 2.24. The maximum absolute atomic E-state index is 6.52. The van der Waals surface area contributed by atoms with Crippen LogP contribution in [0.2, 0.25) is 0 Å². The number of aromatic nitrogens is 1. The third-order valence-corrected chi connectivity index (χ3v) is 9.28. The van der Waals surface area contributed by atoms with Gasteiger partial charge in [-0.25, -0.2) is 0 Å². The molecule has 3 heterocycles. The van der Waals surface area contributed by atoms with E-state index in [0.29, 0.717) is 0 Å². The molecule has 0 atom stereocenters. The van der Waals surface area contributed by atoms with E-state index >= 15 is 0 Å². The number of rotatable bonds is 3. The van der Waals surface area contributed by atoms with E-state index in [2.05, 4.69) is 149 Å². The lowest BCUT2D eigenvalue weighted by Gasteiger charge is -2.33. The summed E-state index contributed by atoms with van der Waals surface area (Å²) in [5.41, 5.74) is 11.1. The average Bonchev–Trinajstić information content (AvgIpc) is 3.58. The Bertz CT molecular complexity index is 2280. The molecule has 0 radical (unpaired) electrons. The van der Waals surface area contributed by atoms with Gasteiger partial charge in [-0.05, 0) is 83.9 Å². The highest BCUT2D eigenvalue weighted by Crippen LogP contribution is 2.52. The van der Waals surface area contributed by atoms with Gasteiger partial charge in [-0.2, -0.15) is 0 Å². The SMILES string of the molecule is c1ccc(N2c3ccccc3Sc3cc(-c4ccc5c(c4)c4oc6ccccc6c4n5-c4ccccc4)ccc32)cc1. The molecule has 0 saturated carbocycles. The normalized spacial score (nSPS) is 12.6. The van der Waals surface area contributed by atoms with Crippen LogP contribution in [0, 0.1) is 0 Å². The molecule has 0 fully saturated rings. The number of anilines is 3. The highest BCUT2D eigenvalue weighted by molar-refractivity contribution is 7.99. The molecule has 0 bridgehead atoms. The molecule has 4 heteroatoms. The van der Waals surface area contributed by atoms with E-state index in [1.807, 2.05) is 17.8 Å². The first kappa shape index (κ1) is 23.5. The number of hydrogen-bond donors (Lipinski definition) is 0. The highest BCUT2D eigenvalue weighted by Gasteiger charge is 2.25. The minimum absolute atomic E-state index is 0.907. The van der Waals surface area contributed by atoms with Gasteiger partial charge in [0.2, 0.25) is 0 Å². The Hall–Kier alpha value is -5.19. The lowest BCUT2D eigenvalue weighted by Crippen LogP contribution is -2.14. The molecule has 42 heavy (non-hydrogen) atoms. The molecule has 6 aromatic carbocycles. The van der Waals surface area contributed by atoms with Crippen molar-refractivity contribution < 1.29 is 4.42 Å². The van der Waals surface area contributed by atoms with Gasteiger partial charge in [-0.1, -0.05) is 84.6 Å². The maximum Gasteiger partial charge on any atom is 0.161 e. The zero-order chi connectivity index (χ0) is 27.6. The van der Waals surface area contributed by atoms with Gasteiger partial charge in [0.15, 0.2) is 5.58 Å². The van der Waals surface area contributed by atoms with Gasteiger partial charge in [-0.3, -0.25) is 0 Å². The van der Waals surface area contributed by atoms with Gasteiger partial charge in [0.05, 0.1) is 16.9 Å².